The number of halogens is 2. The summed E-state index contributed by atoms with van der Waals surface area (Å²) in [6.07, 6.45) is 1.38. The molecule has 0 bridgehead atoms. The van der Waals surface area contributed by atoms with E-state index in [0.717, 1.165) is 5.56 Å². The third kappa shape index (κ3) is 4.28. The van der Waals surface area contributed by atoms with Crippen LogP contribution in [0.5, 0.6) is 11.5 Å². The third-order valence-electron chi connectivity index (χ3n) is 4.37. The van der Waals surface area contributed by atoms with Crippen LogP contribution >= 0.6 is 23.2 Å². The molecule has 0 radical (unpaired) electrons. The number of rotatable bonds is 5. The van der Waals surface area contributed by atoms with Crippen molar-refractivity contribution in [2.24, 2.45) is 0 Å². The second-order valence-electron chi connectivity index (χ2n) is 6.37. The van der Waals surface area contributed by atoms with E-state index in [9.17, 15) is 10.1 Å². The summed E-state index contributed by atoms with van der Waals surface area (Å²) in [6.45, 7) is 0.414. The summed E-state index contributed by atoms with van der Waals surface area (Å²) >= 11 is 12.1. The van der Waals surface area contributed by atoms with Gasteiger partial charge in [-0.3, -0.25) is 4.79 Å². The molecule has 30 heavy (non-hydrogen) atoms. The quantitative estimate of drug-likeness (QED) is 0.434. The van der Waals surface area contributed by atoms with Gasteiger partial charge in [0.15, 0.2) is 11.5 Å². The first-order valence-electron chi connectivity index (χ1n) is 8.87. The highest BCUT2D eigenvalue weighted by molar-refractivity contribution is 6.36. The molecule has 1 aliphatic rings. The number of hydrogen-bond acceptors (Lipinski definition) is 5. The van der Waals surface area contributed by atoms with E-state index >= 15 is 0 Å². The van der Waals surface area contributed by atoms with Gasteiger partial charge < -0.3 is 19.2 Å². The van der Waals surface area contributed by atoms with Crippen LogP contribution in [0.25, 0.3) is 17.4 Å². The lowest BCUT2D eigenvalue weighted by molar-refractivity contribution is -0.117. The fourth-order valence-corrected chi connectivity index (χ4v) is 3.39. The Morgan fingerprint density at radius 3 is 2.73 bits per heavy atom. The van der Waals surface area contributed by atoms with Crippen LogP contribution in [0, 0.1) is 11.3 Å². The number of carbonyl (C=O) groups excluding carboxylic acids is 1. The Morgan fingerprint density at radius 1 is 1.10 bits per heavy atom. The van der Waals surface area contributed by atoms with Gasteiger partial charge in [-0.25, -0.2) is 0 Å². The molecule has 0 fully saturated rings. The zero-order valence-electron chi connectivity index (χ0n) is 15.4. The summed E-state index contributed by atoms with van der Waals surface area (Å²) in [5.74, 6) is 1.63. The highest BCUT2D eigenvalue weighted by Gasteiger charge is 2.15. The molecule has 2 heterocycles. The van der Waals surface area contributed by atoms with E-state index in [0.29, 0.717) is 38.6 Å². The molecular formula is C22H14Cl2N2O4. The Morgan fingerprint density at radius 2 is 1.93 bits per heavy atom. The predicted octanol–water partition coefficient (Wildman–Crippen LogP) is 5.21. The molecule has 1 aliphatic heterocycles. The Balaban J connectivity index is 1.46. The third-order valence-corrected chi connectivity index (χ3v) is 4.91. The van der Waals surface area contributed by atoms with Gasteiger partial charge in [-0.1, -0.05) is 29.3 Å². The first-order valence-corrected chi connectivity index (χ1v) is 9.63. The standard InChI is InChI=1S/C22H14Cl2N2O4/c23-15-2-4-17(18(24)9-15)19-6-3-16(30-19)8-14(10-25)22(27)26-11-13-1-5-20-21(7-13)29-12-28-20/h1-9H,11-12H2,(H,26,27)/b14-8+. The molecule has 1 N–H and O–H groups in total. The molecule has 0 saturated heterocycles. The van der Waals surface area contributed by atoms with Crippen molar-refractivity contribution in [3.63, 3.8) is 0 Å². The SMILES string of the molecule is N#C/C(=C\c1ccc(-c2ccc(Cl)cc2Cl)o1)C(=O)NCc1ccc2c(c1)OCO2. The number of fused-ring (bicyclic) bond motifs is 1. The van der Waals surface area contributed by atoms with E-state index in [1.54, 1.807) is 42.5 Å². The van der Waals surface area contributed by atoms with E-state index in [1.165, 1.54) is 6.08 Å². The Hall–Kier alpha value is -3.40. The van der Waals surface area contributed by atoms with Gasteiger partial charge in [-0.05, 0) is 48.0 Å². The van der Waals surface area contributed by atoms with E-state index in [2.05, 4.69) is 5.32 Å². The lowest BCUT2D eigenvalue weighted by atomic mass is 10.2. The Labute approximate surface area is 182 Å². The van der Waals surface area contributed by atoms with Gasteiger partial charge in [-0.2, -0.15) is 5.26 Å². The molecular weight excluding hydrogens is 427 g/mol. The number of benzene rings is 2. The predicted molar refractivity (Wildman–Crippen MR) is 112 cm³/mol. The molecule has 0 atom stereocenters. The van der Waals surface area contributed by atoms with Crippen molar-refractivity contribution in [2.75, 3.05) is 6.79 Å². The van der Waals surface area contributed by atoms with Gasteiger partial charge >= 0.3 is 0 Å². The van der Waals surface area contributed by atoms with Crippen LogP contribution in [0.2, 0.25) is 10.0 Å². The minimum absolute atomic E-state index is 0.0844. The highest BCUT2D eigenvalue weighted by Crippen LogP contribution is 2.33. The van der Waals surface area contributed by atoms with Crippen LogP contribution in [-0.4, -0.2) is 12.7 Å². The lowest BCUT2D eigenvalue weighted by Crippen LogP contribution is -2.23. The molecule has 1 amide bonds. The maximum atomic E-state index is 12.4. The van der Waals surface area contributed by atoms with E-state index in [4.69, 9.17) is 37.1 Å². The number of furan rings is 1. The maximum Gasteiger partial charge on any atom is 0.262 e. The summed E-state index contributed by atoms with van der Waals surface area (Å²) in [6, 6.07) is 15.7. The molecule has 1 aromatic heterocycles. The molecule has 8 heteroatoms. The lowest BCUT2D eigenvalue weighted by Gasteiger charge is -2.05. The van der Waals surface area contributed by atoms with Crippen molar-refractivity contribution in [1.29, 1.82) is 5.26 Å². The van der Waals surface area contributed by atoms with Gasteiger partial charge in [0.1, 0.15) is 23.2 Å². The van der Waals surface area contributed by atoms with Crippen LogP contribution in [0.4, 0.5) is 0 Å². The molecule has 0 aliphatic carbocycles. The second kappa shape index (κ2) is 8.54. The van der Waals surface area contributed by atoms with Gasteiger partial charge in [0.25, 0.3) is 5.91 Å². The summed E-state index contributed by atoms with van der Waals surface area (Å²) in [4.78, 5) is 12.4. The molecule has 3 aromatic rings. The minimum atomic E-state index is -0.516. The van der Waals surface area contributed by atoms with Gasteiger partial charge in [0.05, 0.1) is 5.02 Å². The molecule has 150 valence electrons. The largest absolute Gasteiger partial charge is 0.457 e. The average Bonchev–Trinajstić information content (AvgIpc) is 3.39. The molecule has 6 nitrogen and oxygen atoms in total. The van der Waals surface area contributed by atoms with Crippen molar-refractivity contribution in [3.05, 3.63) is 75.5 Å². The van der Waals surface area contributed by atoms with Crippen LogP contribution < -0.4 is 14.8 Å². The average molecular weight is 441 g/mol. The Kier molecular flexibility index (Phi) is 5.66. The monoisotopic (exact) mass is 440 g/mol. The highest BCUT2D eigenvalue weighted by atomic mass is 35.5. The first kappa shape index (κ1) is 19.9. The maximum absolute atomic E-state index is 12.4. The first-order chi connectivity index (χ1) is 14.5. The minimum Gasteiger partial charge on any atom is -0.457 e. The normalized spacial score (nSPS) is 12.5. The molecule has 0 unspecified atom stereocenters. The van der Waals surface area contributed by atoms with Gasteiger partial charge in [0, 0.05) is 23.2 Å². The second-order valence-corrected chi connectivity index (χ2v) is 7.21. The number of nitrogens with one attached hydrogen (secondary N) is 1. The van der Waals surface area contributed by atoms with E-state index in [1.807, 2.05) is 12.1 Å². The van der Waals surface area contributed by atoms with Gasteiger partial charge in [0.2, 0.25) is 6.79 Å². The zero-order chi connectivity index (χ0) is 21.1. The number of nitriles is 1. The number of ether oxygens (including phenoxy) is 2. The van der Waals surface area contributed by atoms with Crippen molar-refractivity contribution in [1.82, 2.24) is 5.32 Å². The summed E-state index contributed by atoms with van der Waals surface area (Å²) in [5, 5.41) is 13.1. The van der Waals surface area contributed by atoms with Crippen LogP contribution in [0.3, 0.4) is 0 Å². The number of nitrogens with zero attached hydrogens (tertiary/aromatic N) is 1. The molecule has 0 saturated carbocycles. The molecule has 0 spiro atoms. The summed E-state index contributed by atoms with van der Waals surface area (Å²) in [7, 11) is 0. The van der Waals surface area contributed by atoms with Crippen LogP contribution in [-0.2, 0) is 11.3 Å². The van der Waals surface area contributed by atoms with Crippen molar-refractivity contribution in [2.45, 2.75) is 6.54 Å². The van der Waals surface area contributed by atoms with Crippen LogP contribution in [0.15, 0.2) is 58.5 Å². The Bertz CT molecular complexity index is 1190. The molecule has 2 aromatic carbocycles. The molecule has 4 rings (SSSR count). The van der Waals surface area contributed by atoms with Crippen molar-refractivity contribution in [3.8, 4) is 28.9 Å². The number of amides is 1. The summed E-state index contributed by atoms with van der Waals surface area (Å²) in [5.41, 5.74) is 1.40. The van der Waals surface area contributed by atoms with Crippen molar-refractivity contribution >= 4 is 35.2 Å². The zero-order valence-corrected chi connectivity index (χ0v) is 17.0. The van der Waals surface area contributed by atoms with E-state index in [-0.39, 0.29) is 18.9 Å². The summed E-state index contributed by atoms with van der Waals surface area (Å²) < 4.78 is 16.3. The number of carbonyl (C=O) groups is 1. The fourth-order valence-electron chi connectivity index (χ4n) is 2.88. The topological polar surface area (TPSA) is 84.5 Å². The van der Waals surface area contributed by atoms with Crippen LogP contribution in [0.1, 0.15) is 11.3 Å². The smallest absolute Gasteiger partial charge is 0.262 e. The number of hydrogen-bond donors (Lipinski definition) is 1. The van der Waals surface area contributed by atoms with Crippen molar-refractivity contribution < 1.29 is 18.7 Å². The fraction of sp³-hybridized carbons (Fsp3) is 0.0909. The van der Waals surface area contributed by atoms with Gasteiger partial charge in [-0.15, -0.1) is 0 Å². The van der Waals surface area contributed by atoms with E-state index < -0.39 is 5.91 Å².